The van der Waals surface area contributed by atoms with Crippen LogP contribution in [0.5, 0.6) is 0 Å². The summed E-state index contributed by atoms with van der Waals surface area (Å²) < 4.78 is 5.18. The van der Waals surface area contributed by atoms with E-state index in [4.69, 9.17) is 0 Å². The SMILES string of the molecule is Cn1nc2n(c1=O)C[C@@H](C(=O)NCCCn1ccc3ccccc31)CC2. The third kappa shape index (κ3) is 3.05. The molecule has 4 rings (SSSR count). The Morgan fingerprint density at radius 3 is 3.04 bits per heavy atom. The van der Waals surface area contributed by atoms with E-state index in [0.717, 1.165) is 25.2 Å². The highest BCUT2D eigenvalue weighted by atomic mass is 16.2. The fourth-order valence-corrected chi connectivity index (χ4v) is 3.69. The Morgan fingerprint density at radius 1 is 1.31 bits per heavy atom. The molecule has 0 radical (unpaired) electrons. The van der Waals surface area contributed by atoms with E-state index in [1.807, 2.05) is 12.1 Å². The van der Waals surface area contributed by atoms with Gasteiger partial charge in [-0.3, -0.25) is 9.36 Å². The quantitative estimate of drug-likeness (QED) is 0.703. The average Bonchev–Trinajstić information content (AvgIpc) is 3.19. The fraction of sp³-hybridized carbons (Fsp3) is 0.421. The van der Waals surface area contributed by atoms with Crippen LogP contribution in [-0.2, 0) is 31.4 Å². The first-order valence-electron chi connectivity index (χ1n) is 9.08. The molecule has 1 aliphatic heterocycles. The van der Waals surface area contributed by atoms with E-state index in [1.165, 1.54) is 15.6 Å². The molecule has 0 spiro atoms. The Morgan fingerprint density at radius 2 is 2.15 bits per heavy atom. The largest absolute Gasteiger partial charge is 0.356 e. The molecule has 0 aliphatic carbocycles. The number of carbonyl (C=O) groups excluding carboxylic acids is 1. The van der Waals surface area contributed by atoms with Crippen LogP contribution in [0.3, 0.4) is 0 Å². The molecule has 3 heterocycles. The van der Waals surface area contributed by atoms with Crippen LogP contribution in [0.4, 0.5) is 0 Å². The molecular weight excluding hydrogens is 330 g/mol. The molecule has 26 heavy (non-hydrogen) atoms. The third-order valence-electron chi connectivity index (χ3n) is 5.13. The predicted octanol–water partition coefficient (Wildman–Crippen LogP) is 1.31. The van der Waals surface area contributed by atoms with E-state index in [-0.39, 0.29) is 17.5 Å². The normalized spacial score (nSPS) is 16.6. The van der Waals surface area contributed by atoms with Crippen LogP contribution < -0.4 is 11.0 Å². The maximum Gasteiger partial charge on any atom is 0.345 e. The molecule has 0 unspecified atom stereocenters. The average molecular weight is 353 g/mol. The highest BCUT2D eigenvalue weighted by molar-refractivity contribution is 5.80. The van der Waals surface area contributed by atoms with Crippen molar-refractivity contribution in [2.45, 2.75) is 32.4 Å². The fourth-order valence-electron chi connectivity index (χ4n) is 3.69. The topological polar surface area (TPSA) is 73.8 Å². The molecule has 1 amide bonds. The summed E-state index contributed by atoms with van der Waals surface area (Å²) in [4.78, 5) is 24.4. The standard InChI is InChI=1S/C19H23N5O2/c1-22-19(26)24-13-15(7-8-17(24)21-22)18(25)20-10-4-11-23-12-9-14-5-2-3-6-16(14)23/h2-3,5-6,9,12,15H,4,7-8,10-11,13H2,1H3,(H,20,25)/t15-/m0/s1. The number of fused-ring (bicyclic) bond motifs is 2. The number of benzene rings is 1. The van der Waals surface area contributed by atoms with Gasteiger partial charge in [-0.2, -0.15) is 5.10 Å². The van der Waals surface area contributed by atoms with Gasteiger partial charge in [-0.1, -0.05) is 18.2 Å². The summed E-state index contributed by atoms with van der Waals surface area (Å²) in [6.45, 7) is 1.93. The first-order chi connectivity index (χ1) is 12.6. The van der Waals surface area contributed by atoms with Gasteiger partial charge in [0.15, 0.2) is 0 Å². The van der Waals surface area contributed by atoms with Gasteiger partial charge in [0.05, 0.1) is 5.92 Å². The zero-order valence-electron chi connectivity index (χ0n) is 14.9. The van der Waals surface area contributed by atoms with Crippen LogP contribution >= 0.6 is 0 Å². The summed E-state index contributed by atoms with van der Waals surface area (Å²) in [6.07, 6.45) is 4.37. The molecule has 7 heteroatoms. The van der Waals surface area contributed by atoms with Crippen molar-refractivity contribution in [3.63, 3.8) is 0 Å². The van der Waals surface area contributed by atoms with Crippen LogP contribution in [0.2, 0.25) is 0 Å². The summed E-state index contributed by atoms with van der Waals surface area (Å²) >= 11 is 0. The molecule has 136 valence electrons. The van der Waals surface area contributed by atoms with Crippen LogP contribution in [0, 0.1) is 5.92 Å². The van der Waals surface area contributed by atoms with Gasteiger partial charge in [-0.05, 0) is 30.4 Å². The second-order valence-electron chi connectivity index (χ2n) is 6.88. The van der Waals surface area contributed by atoms with E-state index in [1.54, 1.807) is 11.6 Å². The zero-order chi connectivity index (χ0) is 18.1. The first-order valence-corrected chi connectivity index (χ1v) is 9.08. The van der Waals surface area contributed by atoms with Gasteiger partial charge >= 0.3 is 5.69 Å². The van der Waals surface area contributed by atoms with Crippen molar-refractivity contribution in [1.82, 2.24) is 24.2 Å². The molecule has 7 nitrogen and oxygen atoms in total. The van der Waals surface area contributed by atoms with Gasteiger partial charge in [0.25, 0.3) is 0 Å². The molecule has 1 N–H and O–H groups in total. The van der Waals surface area contributed by atoms with E-state index >= 15 is 0 Å². The number of hydrogen-bond acceptors (Lipinski definition) is 3. The maximum atomic E-state index is 12.4. The number of nitrogens with one attached hydrogen (secondary N) is 1. The monoisotopic (exact) mass is 353 g/mol. The second-order valence-corrected chi connectivity index (χ2v) is 6.88. The smallest absolute Gasteiger partial charge is 0.345 e. The van der Waals surface area contributed by atoms with Gasteiger partial charge < -0.3 is 9.88 Å². The molecule has 1 aliphatic rings. The van der Waals surface area contributed by atoms with Crippen molar-refractivity contribution >= 4 is 16.8 Å². The lowest BCUT2D eigenvalue weighted by molar-refractivity contribution is -0.125. The Labute approximate surface area is 151 Å². The third-order valence-corrected chi connectivity index (χ3v) is 5.13. The van der Waals surface area contributed by atoms with Crippen molar-refractivity contribution in [3.05, 3.63) is 52.8 Å². The lowest BCUT2D eigenvalue weighted by Gasteiger charge is -2.21. The van der Waals surface area contributed by atoms with Crippen LogP contribution in [0.25, 0.3) is 10.9 Å². The zero-order valence-corrected chi connectivity index (χ0v) is 14.9. The van der Waals surface area contributed by atoms with Gasteiger partial charge in [0.2, 0.25) is 5.91 Å². The number of nitrogens with zero attached hydrogens (tertiary/aromatic N) is 4. The predicted molar refractivity (Wildman–Crippen MR) is 98.8 cm³/mol. The number of para-hydroxylation sites is 1. The summed E-state index contributed by atoms with van der Waals surface area (Å²) in [5.74, 6) is 0.654. The number of aryl methyl sites for hydroxylation is 3. The molecule has 1 aromatic carbocycles. The Hall–Kier alpha value is -2.83. The van der Waals surface area contributed by atoms with E-state index in [2.05, 4.69) is 39.4 Å². The van der Waals surface area contributed by atoms with Crippen molar-refractivity contribution < 1.29 is 4.79 Å². The Kier molecular flexibility index (Phi) is 4.36. The van der Waals surface area contributed by atoms with E-state index in [0.29, 0.717) is 19.5 Å². The van der Waals surface area contributed by atoms with Crippen molar-refractivity contribution in [3.8, 4) is 0 Å². The summed E-state index contributed by atoms with van der Waals surface area (Å²) in [5.41, 5.74) is 1.08. The maximum absolute atomic E-state index is 12.4. The molecule has 0 saturated heterocycles. The minimum atomic E-state index is -0.156. The molecule has 3 aromatic rings. The molecular formula is C19H23N5O2. The van der Waals surface area contributed by atoms with Crippen molar-refractivity contribution in [2.75, 3.05) is 6.54 Å². The minimum Gasteiger partial charge on any atom is -0.356 e. The lowest BCUT2D eigenvalue weighted by atomic mass is 9.98. The van der Waals surface area contributed by atoms with Gasteiger partial charge in [-0.15, -0.1) is 0 Å². The highest BCUT2D eigenvalue weighted by Crippen LogP contribution is 2.17. The van der Waals surface area contributed by atoms with Gasteiger partial charge in [0.1, 0.15) is 5.82 Å². The number of hydrogen-bond donors (Lipinski definition) is 1. The molecule has 2 aromatic heterocycles. The van der Waals surface area contributed by atoms with E-state index in [9.17, 15) is 9.59 Å². The minimum absolute atomic E-state index is 0.0313. The van der Waals surface area contributed by atoms with Crippen LogP contribution in [-0.4, -0.2) is 31.4 Å². The van der Waals surface area contributed by atoms with Gasteiger partial charge in [-0.25, -0.2) is 9.48 Å². The molecule has 0 fully saturated rings. The number of aromatic nitrogens is 4. The molecule has 0 bridgehead atoms. The van der Waals surface area contributed by atoms with Gasteiger partial charge in [0, 0.05) is 44.8 Å². The first kappa shape index (κ1) is 16.6. The molecule has 1 atom stereocenters. The highest BCUT2D eigenvalue weighted by Gasteiger charge is 2.27. The Bertz CT molecular complexity index is 997. The number of carbonyl (C=O) groups is 1. The lowest BCUT2D eigenvalue weighted by Crippen LogP contribution is -2.39. The summed E-state index contributed by atoms with van der Waals surface area (Å²) in [5, 5.41) is 8.46. The Balaban J connectivity index is 1.29. The number of rotatable bonds is 5. The summed E-state index contributed by atoms with van der Waals surface area (Å²) in [6, 6.07) is 10.4. The summed E-state index contributed by atoms with van der Waals surface area (Å²) in [7, 11) is 1.65. The number of amides is 1. The van der Waals surface area contributed by atoms with Crippen molar-refractivity contribution in [1.29, 1.82) is 0 Å². The van der Waals surface area contributed by atoms with Crippen molar-refractivity contribution in [2.24, 2.45) is 13.0 Å². The van der Waals surface area contributed by atoms with Crippen LogP contribution in [0.15, 0.2) is 41.3 Å². The molecule has 0 saturated carbocycles. The second kappa shape index (κ2) is 6.82. The van der Waals surface area contributed by atoms with E-state index < -0.39 is 0 Å². The van der Waals surface area contributed by atoms with Crippen LogP contribution in [0.1, 0.15) is 18.7 Å².